The third-order valence-electron chi connectivity index (χ3n) is 6.17. The summed E-state index contributed by atoms with van der Waals surface area (Å²) in [4.78, 5) is 0. The van der Waals surface area contributed by atoms with E-state index in [4.69, 9.17) is 0 Å². The minimum atomic E-state index is 0. The Balaban J connectivity index is 0. The Morgan fingerprint density at radius 2 is 1.05 bits per heavy atom. The Bertz CT molecular complexity index is 223. The van der Waals surface area contributed by atoms with Crippen molar-refractivity contribution >= 4 is 0 Å². The number of hydrogen-bond donors (Lipinski definition) is 0. The van der Waals surface area contributed by atoms with E-state index in [9.17, 15) is 0 Å². The third-order valence-corrected chi connectivity index (χ3v) is 6.17. The van der Waals surface area contributed by atoms with Crippen LogP contribution in [0, 0.1) is 5.41 Å². The van der Waals surface area contributed by atoms with Gasteiger partial charge in [-0.25, -0.2) is 0 Å². The van der Waals surface area contributed by atoms with Crippen LogP contribution in [0.15, 0.2) is 0 Å². The van der Waals surface area contributed by atoms with Crippen LogP contribution in [0.2, 0.25) is 0 Å². The van der Waals surface area contributed by atoms with Gasteiger partial charge in [0, 0.05) is 6.42 Å². The fourth-order valence-corrected chi connectivity index (χ4v) is 4.63. The number of quaternary nitrogens is 1. The third kappa shape index (κ3) is 6.51. The molecule has 0 aromatic heterocycles. The van der Waals surface area contributed by atoms with Gasteiger partial charge in [0.2, 0.25) is 0 Å². The van der Waals surface area contributed by atoms with Gasteiger partial charge in [0.1, 0.15) is 0 Å². The molecule has 0 bridgehead atoms. The SMILES string of the molecule is CCC[N+](CCC)(CCC)C(CC)CC(CC)(CC)CC.[Br-]. The second kappa shape index (κ2) is 12.8. The molecule has 0 N–H and O–H groups in total. The molecule has 22 heavy (non-hydrogen) atoms. The fraction of sp³-hybridized carbons (Fsp3) is 1.00. The Morgan fingerprint density at radius 1 is 0.682 bits per heavy atom. The summed E-state index contributed by atoms with van der Waals surface area (Å²) in [7, 11) is 0. The summed E-state index contributed by atoms with van der Waals surface area (Å²) in [5, 5.41) is 0. The molecule has 0 spiro atoms. The first-order valence-electron chi connectivity index (χ1n) is 9.89. The zero-order valence-corrected chi connectivity index (χ0v) is 18.3. The van der Waals surface area contributed by atoms with Gasteiger partial charge in [-0.1, -0.05) is 67.7 Å². The van der Waals surface area contributed by atoms with E-state index in [-0.39, 0.29) is 17.0 Å². The first-order valence-corrected chi connectivity index (χ1v) is 9.89. The lowest BCUT2D eigenvalue weighted by molar-refractivity contribution is -0.952. The minimum Gasteiger partial charge on any atom is -1.00 e. The Labute approximate surface area is 152 Å². The van der Waals surface area contributed by atoms with Crippen LogP contribution in [-0.2, 0) is 0 Å². The molecule has 2 heteroatoms. The van der Waals surface area contributed by atoms with Gasteiger partial charge in [-0.2, -0.15) is 0 Å². The summed E-state index contributed by atoms with van der Waals surface area (Å²) in [6.07, 6.45) is 10.8. The van der Waals surface area contributed by atoms with E-state index in [1.807, 2.05) is 0 Å². The van der Waals surface area contributed by atoms with Crippen LogP contribution in [0.4, 0.5) is 0 Å². The molecule has 1 atom stereocenters. The summed E-state index contributed by atoms with van der Waals surface area (Å²) in [6, 6.07) is 0.865. The van der Waals surface area contributed by atoms with Crippen LogP contribution in [0.5, 0.6) is 0 Å². The van der Waals surface area contributed by atoms with Gasteiger partial charge >= 0.3 is 0 Å². The normalized spacial score (nSPS) is 13.8. The van der Waals surface area contributed by atoms with Crippen molar-refractivity contribution in [1.82, 2.24) is 0 Å². The van der Waals surface area contributed by atoms with Crippen molar-refractivity contribution in [2.45, 2.75) is 106 Å². The topological polar surface area (TPSA) is 0 Å². The van der Waals surface area contributed by atoms with Crippen molar-refractivity contribution in [3.63, 3.8) is 0 Å². The van der Waals surface area contributed by atoms with E-state index in [0.717, 1.165) is 6.04 Å². The lowest BCUT2D eigenvalue weighted by Gasteiger charge is -2.48. The van der Waals surface area contributed by atoms with Crippen molar-refractivity contribution in [3.05, 3.63) is 0 Å². The Hall–Kier alpha value is 0.440. The van der Waals surface area contributed by atoms with Crippen LogP contribution >= 0.6 is 0 Å². The summed E-state index contributed by atoms with van der Waals surface area (Å²) in [5.74, 6) is 0. The summed E-state index contributed by atoms with van der Waals surface area (Å²) in [6.45, 7) is 20.9. The van der Waals surface area contributed by atoms with Gasteiger partial charge in [-0.05, 0) is 31.1 Å². The van der Waals surface area contributed by atoms with E-state index in [0.29, 0.717) is 5.41 Å². The average Bonchev–Trinajstić information content (AvgIpc) is 2.50. The van der Waals surface area contributed by atoms with Crippen molar-refractivity contribution in [3.8, 4) is 0 Å². The quantitative estimate of drug-likeness (QED) is 0.431. The molecule has 0 aliphatic heterocycles. The molecule has 0 aromatic rings. The van der Waals surface area contributed by atoms with Gasteiger partial charge in [-0.3, -0.25) is 0 Å². The highest BCUT2D eigenvalue weighted by Crippen LogP contribution is 2.39. The fourth-order valence-electron chi connectivity index (χ4n) is 4.63. The molecule has 0 heterocycles. The summed E-state index contributed by atoms with van der Waals surface area (Å²) >= 11 is 0. The summed E-state index contributed by atoms with van der Waals surface area (Å²) < 4.78 is 1.39. The average molecular weight is 378 g/mol. The van der Waals surface area contributed by atoms with Crippen molar-refractivity contribution in [1.29, 1.82) is 0 Å². The number of nitrogens with zero attached hydrogens (tertiary/aromatic N) is 1. The van der Waals surface area contributed by atoms with Crippen LogP contribution in [0.3, 0.4) is 0 Å². The van der Waals surface area contributed by atoms with Gasteiger partial charge < -0.3 is 21.5 Å². The molecule has 0 rings (SSSR count). The first-order chi connectivity index (χ1) is 10.0. The van der Waals surface area contributed by atoms with Crippen LogP contribution < -0.4 is 17.0 Å². The predicted molar refractivity (Wildman–Crippen MR) is 97.7 cm³/mol. The smallest absolute Gasteiger partial charge is 0.0893 e. The molecular weight excluding hydrogens is 334 g/mol. The maximum atomic E-state index is 2.43. The number of rotatable bonds is 13. The van der Waals surface area contributed by atoms with Gasteiger partial charge in [0.15, 0.2) is 0 Å². The monoisotopic (exact) mass is 377 g/mol. The van der Waals surface area contributed by atoms with Crippen LogP contribution in [0.25, 0.3) is 0 Å². The maximum Gasteiger partial charge on any atom is 0.0893 e. The van der Waals surface area contributed by atoms with Crippen molar-refractivity contribution < 1.29 is 21.5 Å². The molecule has 0 amide bonds. The van der Waals surface area contributed by atoms with Gasteiger partial charge in [0.05, 0.1) is 25.7 Å². The molecule has 1 unspecified atom stereocenters. The highest BCUT2D eigenvalue weighted by atomic mass is 79.9. The van der Waals surface area contributed by atoms with Crippen molar-refractivity contribution in [2.24, 2.45) is 5.41 Å². The van der Waals surface area contributed by atoms with Crippen molar-refractivity contribution in [2.75, 3.05) is 19.6 Å². The van der Waals surface area contributed by atoms with Crippen LogP contribution in [0.1, 0.15) is 99.8 Å². The van der Waals surface area contributed by atoms with Gasteiger partial charge in [-0.15, -0.1) is 0 Å². The van der Waals surface area contributed by atoms with Gasteiger partial charge in [0.25, 0.3) is 0 Å². The zero-order valence-electron chi connectivity index (χ0n) is 16.7. The second-order valence-corrected chi connectivity index (χ2v) is 7.22. The first kappa shape index (κ1) is 24.7. The molecule has 0 aliphatic rings. The summed E-state index contributed by atoms with van der Waals surface area (Å²) in [5.41, 5.74) is 0.583. The highest BCUT2D eigenvalue weighted by molar-refractivity contribution is 4.79. The largest absolute Gasteiger partial charge is 1.00 e. The van der Waals surface area contributed by atoms with Crippen LogP contribution in [-0.4, -0.2) is 30.2 Å². The predicted octanol–water partition coefficient (Wildman–Crippen LogP) is 3.42. The molecule has 0 saturated heterocycles. The standard InChI is InChI=1S/C20H44N.BrH/c1-8-15-21(16-9-2,17-10-3)19(11-4)18-20(12-5,13-6)14-7;/h19H,8-18H2,1-7H3;1H/q+1;/p-1. The molecule has 0 fully saturated rings. The molecule has 0 saturated carbocycles. The molecule has 0 radical (unpaired) electrons. The van der Waals surface area contributed by atoms with E-state index < -0.39 is 0 Å². The molecule has 1 nitrogen and oxygen atoms in total. The molecule has 136 valence electrons. The van der Waals surface area contributed by atoms with E-state index in [2.05, 4.69) is 48.5 Å². The van der Waals surface area contributed by atoms with E-state index in [1.165, 1.54) is 75.5 Å². The molecular formula is C20H44BrN. The highest BCUT2D eigenvalue weighted by Gasteiger charge is 2.38. The molecule has 0 aliphatic carbocycles. The lowest BCUT2D eigenvalue weighted by atomic mass is 9.73. The maximum absolute atomic E-state index is 2.43. The van der Waals surface area contributed by atoms with E-state index >= 15 is 0 Å². The number of halogens is 1. The Kier molecular flexibility index (Phi) is 14.4. The lowest BCUT2D eigenvalue weighted by Crippen LogP contribution is -3.00. The minimum absolute atomic E-state index is 0. The van der Waals surface area contributed by atoms with E-state index in [1.54, 1.807) is 0 Å². The zero-order chi connectivity index (χ0) is 16.4. The second-order valence-electron chi connectivity index (χ2n) is 7.22. The molecule has 0 aromatic carbocycles. The Morgan fingerprint density at radius 3 is 1.27 bits per heavy atom. The number of hydrogen-bond acceptors (Lipinski definition) is 0.